The van der Waals surface area contributed by atoms with Gasteiger partial charge in [-0.25, -0.2) is 5.43 Å². The second-order valence-corrected chi connectivity index (χ2v) is 5.70. The molecule has 0 atom stereocenters. The van der Waals surface area contributed by atoms with Gasteiger partial charge in [0.1, 0.15) is 0 Å². The van der Waals surface area contributed by atoms with E-state index >= 15 is 0 Å². The second kappa shape index (κ2) is 8.85. The van der Waals surface area contributed by atoms with Gasteiger partial charge in [-0.15, -0.1) is 0 Å². The highest BCUT2D eigenvalue weighted by Crippen LogP contribution is 2.09. The molecule has 0 fully saturated rings. The molecule has 0 saturated heterocycles. The zero-order valence-corrected chi connectivity index (χ0v) is 13.9. The number of carbonyl (C=O) groups is 2. The molecule has 2 N–H and O–H groups in total. The summed E-state index contributed by atoms with van der Waals surface area (Å²) in [5.74, 6) is -0.583. The summed E-state index contributed by atoms with van der Waals surface area (Å²) in [7, 11) is 0. The largest absolute Gasteiger partial charge is 0.347 e. The number of benzene rings is 2. The normalized spacial score (nSPS) is 10.5. The first-order valence-electron chi connectivity index (χ1n) is 7.01. The van der Waals surface area contributed by atoms with E-state index in [1.807, 2.05) is 54.6 Å². The summed E-state index contributed by atoms with van der Waals surface area (Å²) < 4.78 is 0.931. The predicted molar refractivity (Wildman–Crippen MR) is 93.0 cm³/mol. The van der Waals surface area contributed by atoms with Gasteiger partial charge < -0.3 is 5.32 Å². The molecular weight excluding hydrogens is 358 g/mol. The number of nitrogens with zero attached hydrogens (tertiary/aromatic N) is 1. The third kappa shape index (κ3) is 6.44. The van der Waals surface area contributed by atoms with Crippen LogP contribution >= 0.6 is 15.9 Å². The van der Waals surface area contributed by atoms with Crippen molar-refractivity contribution >= 4 is 34.0 Å². The molecule has 0 aliphatic heterocycles. The molecular formula is C17H16BrN3O2. The quantitative estimate of drug-likeness (QED) is 0.602. The molecule has 5 nitrogen and oxygen atoms in total. The minimum absolute atomic E-state index is 0.110. The Bertz CT molecular complexity index is 702. The van der Waals surface area contributed by atoms with Crippen LogP contribution in [0.5, 0.6) is 0 Å². The molecule has 0 spiro atoms. The lowest BCUT2D eigenvalue weighted by Crippen LogP contribution is -2.35. The summed E-state index contributed by atoms with van der Waals surface area (Å²) in [5.41, 5.74) is 4.13. The van der Waals surface area contributed by atoms with Crippen LogP contribution in [0.3, 0.4) is 0 Å². The standard InChI is InChI=1S/C17H16BrN3O2/c18-15-8-4-7-14(9-15)11-20-21-17(23)12-19-16(22)10-13-5-2-1-3-6-13/h1-9,11H,10,12H2,(H,19,22)(H,21,23). The smallest absolute Gasteiger partial charge is 0.259 e. The van der Waals surface area contributed by atoms with Crippen molar-refractivity contribution in [3.8, 4) is 0 Å². The monoisotopic (exact) mass is 373 g/mol. The van der Waals surface area contributed by atoms with Gasteiger partial charge in [0.05, 0.1) is 19.2 Å². The summed E-state index contributed by atoms with van der Waals surface area (Å²) in [6.45, 7) is -0.110. The van der Waals surface area contributed by atoms with Gasteiger partial charge in [-0.2, -0.15) is 5.10 Å². The molecule has 0 heterocycles. The minimum Gasteiger partial charge on any atom is -0.347 e. The van der Waals surface area contributed by atoms with Crippen molar-refractivity contribution in [3.05, 3.63) is 70.2 Å². The molecule has 2 aromatic rings. The third-order valence-corrected chi connectivity index (χ3v) is 3.40. The number of hydrazone groups is 1. The number of rotatable bonds is 6. The van der Waals surface area contributed by atoms with Crippen LogP contribution in [0.4, 0.5) is 0 Å². The topological polar surface area (TPSA) is 70.6 Å². The van der Waals surface area contributed by atoms with Crippen LogP contribution in [0.1, 0.15) is 11.1 Å². The fourth-order valence-corrected chi connectivity index (χ4v) is 2.24. The summed E-state index contributed by atoms with van der Waals surface area (Å²) in [6, 6.07) is 16.9. The first-order chi connectivity index (χ1) is 11.1. The van der Waals surface area contributed by atoms with E-state index in [0.29, 0.717) is 0 Å². The Labute approximate surface area is 142 Å². The Morgan fingerprint density at radius 1 is 1.04 bits per heavy atom. The SMILES string of the molecule is O=C(Cc1ccccc1)NCC(=O)NN=Cc1cccc(Br)c1. The predicted octanol–water partition coefficient (Wildman–Crippen LogP) is 2.26. The van der Waals surface area contributed by atoms with Crippen LogP contribution in [0.15, 0.2) is 64.2 Å². The van der Waals surface area contributed by atoms with E-state index in [2.05, 4.69) is 31.8 Å². The van der Waals surface area contributed by atoms with Gasteiger partial charge in [-0.3, -0.25) is 9.59 Å². The maximum absolute atomic E-state index is 11.7. The highest BCUT2D eigenvalue weighted by molar-refractivity contribution is 9.10. The van der Waals surface area contributed by atoms with Gasteiger partial charge in [0.2, 0.25) is 5.91 Å². The number of hydrogen-bond donors (Lipinski definition) is 2. The van der Waals surface area contributed by atoms with E-state index in [0.717, 1.165) is 15.6 Å². The Kier molecular flexibility index (Phi) is 6.50. The number of hydrogen-bond acceptors (Lipinski definition) is 3. The van der Waals surface area contributed by atoms with Crippen LogP contribution in [0.25, 0.3) is 0 Å². The zero-order chi connectivity index (χ0) is 16.5. The Balaban J connectivity index is 1.71. The summed E-state index contributed by atoms with van der Waals surface area (Å²) >= 11 is 3.35. The molecule has 118 valence electrons. The van der Waals surface area contributed by atoms with Gasteiger partial charge in [0, 0.05) is 4.47 Å². The van der Waals surface area contributed by atoms with Crippen LogP contribution in [0.2, 0.25) is 0 Å². The molecule has 0 aliphatic carbocycles. The van der Waals surface area contributed by atoms with Crippen molar-refractivity contribution in [2.24, 2.45) is 5.10 Å². The highest BCUT2D eigenvalue weighted by Gasteiger charge is 2.05. The first kappa shape index (κ1) is 16.9. The van der Waals surface area contributed by atoms with Gasteiger partial charge in [-0.1, -0.05) is 58.4 Å². The first-order valence-corrected chi connectivity index (χ1v) is 7.81. The Morgan fingerprint density at radius 3 is 2.57 bits per heavy atom. The molecule has 6 heteroatoms. The zero-order valence-electron chi connectivity index (χ0n) is 12.3. The van der Waals surface area contributed by atoms with Crippen molar-refractivity contribution < 1.29 is 9.59 Å². The molecule has 0 aliphatic rings. The second-order valence-electron chi connectivity index (χ2n) is 4.79. The lowest BCUT2D eigenvalue weighted by atomic mass is 10.1. The van der Waals surface area contributed by atoms with Crippen molar-refractivity contribution in [2.45, 2.75) is 6.42 Å². The van der Waals surface area contributed by atoms with E-state index in [4.69, 9.17) is 0 Å². The van der Waals surface area contributed by atoms with Crippen molar-refractivity contribution in [2.75, 3.05) is 6.54 Å². The highest BCUT2D eigenvalue weighted by atomic mass is 79.9. The van der Waals surface area contributed by atoms with Crippen LogP contribution in [-0.4, -0.2) is 24.6 Å². The van der Waals surface area contributed by atoms with Gasteiger partial charge in [0.25, 0.3) is 5.91 Å². The fourth-order valence-electron chi connectivity index (χ4n) is 1.83. The summed E-state index contributed by atoms with van der Waals surface area (Å²) in [5, 5.41) is 6.40. The lowest BCUT2D eigenvalue weighted by Gasteiger charge is -2.04. The molecule has 2 aromatic carbocycles. The van der Waals surface area contributed by atoms with Crippen molar-refractivity contribution in [1.82, 2.24) is 10.7 Å². The summed E-state index contributed by atoms with van der Waals surface area (Å²) in [4.78, 5) is 23.3. The molecule has 23 heavy (non-hydrogen) atoms. The molecule has 2 amide bonds. The Hall–Kier alpha value is -2.47. The third-order valence-electron chi connectivity index (χ3n) is 2.91. The number of halogens is 1. The van der Waals surface area contributed by atoms with Crippen LogP contribution in [0, 0.1) is 0 Å². The van der Waals surface area contributed by atoms with Gasteiger partial charge in [-0.05, 0) is 23.3 Å². The number of carbonyl (C=O) groups excluding carboxylic acids is 2. The van der Waals surface area contributed by atoms with E-state index in [-0.39, 0.29) is 24.8 Å². The molecule has 0 unspecified atom stereocenters. The van der Waals surface area contributed by atoms with Crippen molar-refractivity contribution in [3.63, 3.8) is 0 Å². The summed E-state index contributed by atoms with van der Waals surface area (Å²) in [6.07, 6.45) is 1.78. The van der Waals surface area contributed by atoms with E-state index < -0.39 is 0 Å². The van der Waals surface area contributed by atoms with E-state index in [9.17, 15) is 9.59 Å². The number of amides is 2. The van der Waals surface area contributed by atoms with E-state index in [1.54, 1.807) is 0 Å². The Morgan fingerprint density at radius 2 is 1.83 bits per heavy atom. The maximum Gasteiger partial charge on any atom is 0.259 e. The van der Waals surface area contributed by atoms with E-state index in [1.165, 1.54) is 6.21 Å². The maximum atomic E-state index is 11.7. The lowest BCUT2D eigenvalue weighted by molar-refractivity contribution is -0.125. The minimum atomic E-state index is -0.377. The molecule has 0 radical (unpaired) electrons. The van der Waals surface area contributed by atoms with Crippen molar-refractivity contribution in [1.29, 1.82) is 0 Å². The molecule has 0 saturated carbocycles. The fraction of sp³-hybridized carbons (Fsp3) is 0.118. The molecule has 2 rings (SSSR count). The van der Waals surface area contributed by atoms with Gasteiger partial charge >= 0.3 is 0 Å². The molecule has 0 bridgehead atoms. The number of nitrogens with one attached hydrogen (secondary N) is 2. The van der Waals surface area contributed by atoms with Gasteiger partial charge in [0.15, 0.2) is 0 Å². The molecule has 0 aromatic heterocycles. The average Bonchev–Trinajstić information content (AvgIpc) is 2.54. The van der Waals surface area contributed by atoms with Crippen LogP contribution in [-0.2, 0) is 16.0 Å². The average molecular weight is 374 g/mol. The van der Waals surface area contributed by atoms with Crippen LogP contribution < -0.4 is 10.7 Å².